The Hall–Kier alpha value is -1.50. The summed E-state index contributed by atoms with van der Waals surface area (Å²) < 4.78 is 0. The molecule has 0 aliphatic rings. The smallest absolute Gasteiger partial charge is 0.0390 e. The number of hydrogen-bond donors (Lipinski definition) is 1. The Morgan fingerprint density at radius 1 is 1.25 bits per heavy atom. The highest BCUT2D eigenvalue weighted by molar-refractivity contribution is 5.68. The summed E-state index contributed by atoms with van der Waals surface area (Å²) in [6, 6.07) is 4.46. The van der Waals surface area contributed by atoms with Crippen LogP contribution in [-0.4, -0.2) is 0 Å². The quantitative estimate of drug-likeness (QED) is 0.763. The minimum atomic E-state index is 0.796. The van der Waals surface area contributed by atoms with Crippen LogP contribution in [0.25, 0.3) is 5.70 Å². The van der Waals surface area contributed by atoms with Gasteiger partial charge in [0.05, 0.1) is 0 Å². The Labute approximate surface area is 98.7 Å². The predicted molar refractivity (Wildman–Crippen MR) is 72.3 cm³/mol. The van der Waals surface area contributed by atoms with Crippen LogP contribution in [0.5, 0.6) is 0 Å². The third kappa shape index (κ3) is 2.54. The molecule has 1 rings (SSSR count). The molecule has 1 aromatic carbocycles. The van der Waals surface area contributed by atoms with Gasteiger partial charge in [-0.15, -0.1) is 0 Å². The van der Waals surface area contributed by atoms with Crippen molar-refractivity contribution in [1.82, 2.24) is 0 Å². The van der Waals surface area contributed by atoms with E-state index in [2.05, 4.69) is 39.5 Å². The number of allylic oxidation sites excluding steroid dienone is 2. The summed E-state index contributed by atoms with van der Waals surface area (Å²) in [5.41, 5.74) is 12.0. The van der Waals surface area contributed by atoms with Crippen LogP contribution in [0.4, 0.5) is 0 Å². The first-order valence-electron chi connectivity index (χ1n) is 5.84. The van der Waals surface area contributed by atoms with E-state index in [0.29, 0.717) is 0 Å². The first-order valence-corrected chi connectivity index (χ1v) is 5.84. The van der Waals surface area contributed by atoms with Gasteiger partial charge in [-0.25, -0.2) is 0 Å². The standard InChI is InChI=1S/C15H21N/c1-5-8-15(16)14-10-13(7-3)12(6-2)9-11(14)4/h5,8-10H,1,6-7,16H2,2-4H3/b15-8-. The summed E-state index contributed by atoms with van der Waals surface area (Å²) in [6.07, 6.45) is 5.72. The van der Waals surface area contributed by atoms with Crippen LogP contribution >= 0.6 is 0 Å². The normalized spacial score (nSPS) is 11.6. The molecule has 0 spiro atoms. The number of hydrogen-bond acceptors (Lipinski definition) is 1. The molecular weight excluding hydrogens is 194 g/mol. The summed E-state index contributed by atoms with van der Waals surface area (Å²) >= 11 is 0. The molecule has 16 heavy (non-hydrogen) atoms. The molecule has 0 saturated carbocycles. The minimum Gasteiger partial charge on any atom is -0.398 e. The van der Waals surface area contributed by atoms with Gasteiger partial charge in [0.15, 0.2) is 0 Å². The first-order chi connectivity index (χ1) is 7.63. The second-order valence-electron chi connectivity index (χ2n) is 4.00. The van der Waals surface area contributed by atoms with Gasteiger partial charge in [0, 0.05) is 11.3 Å². The van der Waals surface area contributed by atoms with Crippen molar-refractivity contribution in [2.45, 2.75) is 33.6 Å². The Morgan fingerprint density at radius 2 is 1.81 bits per heavy atom. The van der Waals surface area contributed by atoms with Crippen molar-refractivity contribution < 1.29 is 0 Å². The van der Waals surface area contributed by atoms with E-state index in [1.165, 1.54) is 16.7 Å². The van der Waals surface area contributed by atoms with Gasteiger partial charge in [-0.3, -0.25) is 0 Å². The molecule has 0 fully saturated rings. The van der Waals surface area contributed by atoms with Crippen LogP contribution in [0, 0.1) is 6.92 Å². The largest absolute Gasteiger partial charge is 0.398 e. The molecule has 0 unspecified atom stereocenters. The summed E-state index contributed by atoms with van der Waals surface area (Å²) in [4.78, 5) is 0. The van der Waals surface area contributed by atoms with Crippen molar-refractivity contribution in [2.24, 2.45) is 5.73 Å². The molecule has 1 aromatic rings. The van der Waals surface area contributed by atoms with Gasteiger partial charge in [0.25, 0.3) is 0 Å². The zero-order valence-corrected chi connectivity index (χ0v) is 10.5. The molecule has 0 aliphatic heterocycles. The van der Waals surface area contributed by atoms with Crippen molar-refractivity contribution in [1.29, 1.82) is 0 Å². The van der Waals surface area contributed by atoms with Crippen LogP contribution < -0.4 is 5.73 Å². The van der Waals surface area contributed by atoms with Crippen LogP contribution in [0.3, 0.4) is 0 Å². The van der Waals surface area contributed by atoms with E-state index in [1.54, 1.807) is 6.08 Å². The molecular formula is C15H21N. The van der Waals surface area contributed by atoms with E-state index in [0.717, 1.165) is 24.1 Å². The highest BCUT2D eigenvalue weighted by Crippen LogP contribution is 2.21. The van der Waals surface area contributed by atoms with Gasteiger partial charge in [-0.05, 0) is 48.6 Å². The van der Waals surface area contributed by atoms with Crippen molar-refractivity contribution >= 4 is 5.70 Å². The zero-order chi connectivity index (χ0) is 12.1. The van der Waals surface area contributed by atoms with Gasteiger partial charge in [-0.2, -0.15) is 0 Å². The monoisotopic (exact) mass is 215 g/mol. The lowest BCUT2D eigenvalue weighted by atomic mass is 9.94. The van der Waals surface area contributed by atoms with Crippen molar-refractivity contribution in [3.63, 3.8) is 0 Å². The fourth-order valence-electron chi connectivity index (χ4n) is 2.00. The molecule has 0 radical (unpaired) electrons. The second-order valence-corrected chi connectivity index (χ2v) is 4.00. The third-order valence-corrected chi connectivity index (χ3v) is 2.92. The average molecular weight is 215 g/mol. The number of benzene rings is 1. The van der Waals surface area contributed by atoms with E-state index in [-0.39, 0.29) is 0 Å². The molecule has 1 heteroatoms. The Bertz CT molecular complexity index is 414. The summed E-state index contributed by atoms with van der Waals surface area (Å²) in [7, 11) is 0. The fraction of sp³-hybridized carbons (Fsp3) is 0.333. The molecule has 0 heterocycles. The molecule has 0 aromatic heterocycles. The van der Waals surface area contributed by atoms with Crippen LogP contribution in [0.1, 0.15) is 36.1 Å². The van der Waals surface area contributed by atoms with E-state index in [4.69, 9.17) is 5.73 Å². The fourth-order valence-corrected chi connectivity index (χ4v) is 2.00. The number of aryl methyl sites for hydroxylation is 3. The molecule has 0 saturated heterocycles. The molecule has 0 aliphatic carbocycles. The number of rotatable bonds is 4. The summed E-state index contributed by atoms with van der Waals surface area (Å²) in [5.74, 6) is 0. The predicted octanol–water partition coefficient (Wildman–Crippen LogP) is 3.61. The maximum atomic E-state index is 6.01. The molecule has 0 bridgehead atoms. The Balaban J connectivity index is 3.31. The van der Waals surface area contributed by atoms with E-state index >= 15 is 0 Å². The molecule has 86 valence electrons. The lowest BCUT2D eigenvalue weighted by molar-refractivity contribution is 1.03. The second kappa shape index (κ2) is 5.55. The molecule has 0 atom stereocenters. The minimum absolute atomic E-state index is 0.796. The topological polar surface area (TPSA) is 26.0 Å². The molecule has 1 nitrogen and oxygen atoms in total. The Morgan fingerprint density at radius 3 is 2.31 bits per heavy atom. The van der Waals surface area contributed by atoms with Gasteiger partial charge in [0.2, 0.25) is 0 Å². The van der Waals surface area contributed by atoms with Crippen LogP contribution in [-0.2, 0) is 12.8 Å². The van der Waals surface area contributed by atoms with Gasteiger partial charge in [-0.1, -0.05) is 32.6 Å². The maximum Gasteiger partial charge on any atom is 0.0390 e. The van der Waals surface area contributed by atoms with Crippen molar-refractivity contribution in [3.8, 4) is 0 Å². The molecule has 0 amide bonds. The van der Waals surface area contributed by atoms with Crippen molar-refractivity contribution in [2.75, 3.05) is 0 Å². The van der Waals surface area contributed by atoms with Crippen LogP contribution in [0.15, 0.2) is 30.9 Å². The first kappa shape index (κ1) is 12.6. The SMILES string of the molecule is C=C/C=C(\N)c1cc(CC)c(CC)cc1C. The zero-order valence-electron chi connectivity index (χ0n) is 10.5. The maximum absolute atomic E-state index is 6.01. The summed E-state index contributed by atoms with van der Waals surface area (Å²) in [6.45, 7) is 10.2. The lowest BCUT2D eigenvalue weighted by Crippen LogP contribution is -2.02. The van der Waals surface area contributed by atoms with E-state index < -0.39 is 0 Å². The van der Waals surface area contributed by atoms with Gasteiger partial charge >= 0.3 is 0 Å². The summed E-state index contributed by atoms with van der Waals surface area (Å²) in [5, 5.41) is 0. The van der Waals surface area contributed by atoms with Crippen LogP contribution in [0.2, 0.25) is 0 Å². The van der Waals surface area contributed by atoms with Crippen molar-refractivity contribution in [3.05, 3.63) is 53.1 Å². The van der Waals surface area contributed by atoms with Gasteiger partial charge < -0.3 is 5.73 Å². The molecule has 2 N–H and O–H groups in total. The van der Waals surface area contributed by atoms with E-state index in [9.17, 15) is 0 Å². The highest BCUT2D eigenvalue weighted by atomic mass is 14.6. The Kier molecular flexibility index (Phi) is 4.36. The third-order valence-electron chi connectivity index (χ3n) is 2.92. The highest BCUT2D eigenvalue weighted by Gasteiger charge is 2.06. The number of nitrogens with two attached hydrogens (primary N) is 1. The van der Waals surface area contributed by atoms with Gasteiger partial charge in [0.1, 0.15) is 0 Å². The average Bonchev–Trinajstić information content (AvgIpc) is 2.28. The van der Waals surface area contributed by atoms with E-state index in [1.807, 2.05) is 6.08 Å². The lowest BCUT2D eigenvalue weighted by Gasteiger charge is -2.12.